The van der Waals surface area contributed by atoms with Crippen LogP contribution in [-0.2, 0) is 11.2 Å². The summed E-state index contributed by atoms with van der Waals surface area (Å²) in [7, 11) is 0. The number of carbonyl (C=O) groups is 1. The Labute approximate surface area is 157 Å². The van der Waals surface area contributed by atoms with Gasteiger partial charge in [0.05, 0.1) is 5.69 Å². The average molecular weight is 375 g/mol. The lowest BCUT2D eigenvalue weighted by Crippen LogP contribution is -2.17. The van der Waals surface area contributed by atoms with Gasteiger partial charge in [-0.2, -0.15) is 0 Å². The number of benzene rings is 1. The van der Waals surface area contributed by atoms with Crippen LogP contribution in [0.15, 0.2) is 46.3 Å². The summed E-state index contributed by atoms with van der Waals surface area (Å²) < 4.78 is 0. The molecule has 7 heteroatoms. The molecule has 0 fully saturated rings. The minimum absolute atomic E-state index is 0.115. The minimum atomic E-state index is -0.328. The van der Waals surface area contributed by atoms with E-state index in [4.69, 9.17) is 5.21 Å². The molecule has 3 N–H and O–H groups in total. The molecular formula is C19H25N3O3S. The zero-order chi connectivity index (χ0) is 18.6. The largest absolute Gasteiger partial charge is 0.301 e. The summed E-state index contributed by atoms with van der Waals surface area (Å²) >= 11 is 1.57. The molecule has 0 radical (unpaired) electrons. The lowest BCUT2D eigenvalue weighted by Gasteiger charge is -2.05. The van der Waals surface area contributed by atoms with E-state index >= 15 is 0 Å². The summed E-state index contributed by atoms with van der Waals surface area (Å²) in [6.45, 7) is 0. The van der Waals surface area contributed by atoms with Gasteiger partial charge in [0.1, 0.15) is 0 Å². The zero-order valence-corrected chi connectivity index (χ0v) is 15.6. The van der Waals surface area contributed by atoms with Crippen LogP contribution in [0.25, 0.3) is 0 Å². The zero-order valence-electron chi connectivity index (χ0n) is 14.7. The highest BCUT2D eigenvalue weighted by molar-refractivity contribution is 7.99. The Morgan fingerprint density at radius 2 is 1.85 bits per heavy atom. The molecule has 1 amide bonds. The third kappa shape index (κ3) is 7.84. The number of carbonyl (C=O) groups excluding carboxylic acids is 1. The van der Waals surface area contributed by atoms with Crippen LogP contribution in [0.5, 0.6) is 0 Å². The maximum Gasteiger partial charge on any atom is 0.251 e. The van der Waals surface area contributed by atoms with Crippen molar-refractivity contribution in [3.8, 4) is 0 Å². The van der Waals surface area contributed by atoms with Crippen LogP contribution < -0.4 is 11.0 Å². The quantitative estimate of drug-likeness (QED) is 0.184. The van der Waals surface area contributed by atoms with Crippen molar-refractivity contribution >= 4 is 17.7 Å². The first kappa shape index (κ1) is 20.2. The molecule has 2 aromatic rings. The molecule has 0 aliphatic carbocycles. The smallest absolute Gasteiger partial charge is 0.251 e. The fourth-order valence-electron chi connectivity index (χ4n) is 2.59. The molecule has 1 aromatic carbocycles. The molecule has 2 rings (SSSR count). The Kier molecular flexibility index (Phi) is 8.92. The number of thioether (sulfide) groups is 1. The fourth-order valence-corrected chi connectivity index (χ4v) is 3.49. The summed E-state index contributed by atoms with van der Waals surface area (Å²) in [5.41, 5.74) is 3.44. The molecule has 0 aliphatic heterocycles. The molecule has 26 heavy (non-hydrogen) atoms. The molecular weight excluding hydrogens is 350 g/mol. The number of nitrogens with one attached hydrogen (secondary N) is 2. The van der Waals surface area contributed by atoms with E-state index < -0.39 is 0 Å². The molecule has 0 unspecified atom stereocenters. The number of unbranched alkanes of at least 4 members (excludes halogenated alkanes) is 4. The second-order valence-electron chi connectivity index (χ2n) is 6.11. The third-order valence-corrected chi connectivity index (χ3v) is 4.87. The van der Waals surface area contributed by atoms with Crippen molar-refractivity contribution in [2.45, 2.75) is 50.1 Å². The summed E-state index contributed by atoms with van der Waals surface area (Å²) in [4.78, 5) is 30.0. The number of amides is 1. The van der Waals surface area contributed by atoms with E-state index in [9.17, 15) is 9.59 Å². The van der Waals surface area contributed by atoms with Crippen molar-refractivity contribution in [2.75, 3.05) is 5.75 Å². The van der Waals surface area contributed by atoms with Gasteiger partial charge in [-0.05, 0) is 18.4 Å². The van der Waals surface area contributed by atoms with E-state index in [1.807, 2.05) is 30.3 Å². The van der Waals surface area contributed by atoms with E-state index in [0.29, 0.717) is 18.0 Å². The molecule has 6 nitrogen and oxygen atoms in total. The van der Waals surface area contributed by atoms with E-state index in [-0.39, 0.29) is 11.5 Å². The Morgan fingerprint density at radius 1 is 1.12 bits per heavy atom. The van der Waals surface area contributed by atoms with Gasteiger partial charge in [0.15, 0.2) is 5.16 Å². The highest BCUT2D eigenvalue weighted by Crippen LogP contribution is 2.16. The molecule has 1 heterocycles. The van der Waals surface area contributed by atoms with Gasteiger partial charge >= 0.3 is 0 Å². The van der Waals surface area contributed by atoms with Gasteiger partial charge in [0.25, 0.3) is 5.56 Å². The van der Waals surface area contributed by atoms with Crippen LogP contribution in [0.4, 0.5) is 0 Å². The van der Waals surface area contributed by atoms with Gasteiger partial charge in [-0.1, -0.05) is 61.4 Å². The first-order valence-electron chi connectivity index (χ1n) is 8.87. The lowest BCUT2D eigenvalue weighted by molar-refractivity contribution is -0.129. The molecule has 0 atom stereocenters. The predicted molar refractivity (Wildman–Crippen MR) is 102 cm³/mol. The summed E-state index contributed by atoms with van der Waals surface area (Å²) in [5, 5.41) is 9.07. The van der Waals surface area contributed by atoms with Gasteiger partial charge in [0.2, 0.25) is 5.91 Å². The fraction of sp³-hybridized carbons (Fsp3) is 0.421. The molecule has 1 aromatic heterocycles. The van der Waals surface area contributed by atoms with Crippen molar-refractivity contribution in [2.24, 2.45) is 0 Å². The molecule has 0 saturated heterocycles. The van der Waals surface area contributed by atoms with E-state index in [1.165, 1.54) is 0 Å². The minimum Gasteiger partial charge on any atom is -0.301 e. The second-order valence-corrected chi connectivity index (χ2v) is 7.19. The van der Waals surface area contributed by atoms with Crippen molar-refractivity contribution in [3.05, 3.63) is 58.0 Å². The number of H-pyrrole nitrogens is 1. The Hall–Kier alpha value is -2.12. The summed E-state index contributed by atoms with van der Waals surface area (Å²) in [5.74, 6) is 0.570. The first-order chi connectivity index (χ1) is 12.7. The molecule has 140 valence electrons. The van der Waals surface area contributed by atoms with Crippen LogP contribution in [-0.4, -0.2) is 26.8 Å². The summed E-state index contributed by atoms with van der Waals surface area (Å²) in [6, 6.07) is 11.5. The monoisotopic (exact) mass is 375 g/mol. The molecule has 0 spiro atoms. The van der Waals surface area contributed by atoms with Crippen LogP contribution in [0.2, 0.25) is 0 Å². The van der Waals surface area contributed by atoms with Crippen molar-refractivity contribution in [1.82, 2.24) is 15.4 Å². The topological polar surface area (TPSA) is 95.1 Å². The average Bonchev–Trinajstić information content (AvgIpc) is 2.64. The lowest BCUT2D eigenvalue weighted by atomic mass is 10.1. The van der Waals surface area contributed by atoms with Gasteiger partial charge in [-0.25, -0.2) is 10.5 Å². The Bertz CT molecular complexity index is 734. The maximum absolute atomic E-state index is 11.8. The number of hydrogen-bond acceptors (Lipinski definition) is 5. The standard InChI is InChI=1S/C19H25N3O3S/c23-17(22-25)11-7-2-1-3-8-12-26-19-20-16(14-18(24)21-19)13-15-9-5-4-6-10-15/h4-6,9-10,14,25H,1-3,7-8,11-13H2,(H,22,23)(H,20,21,24). The number of nitrogens with zero attached hydrogens (tertiary/aromatic N) is 1. The van der Waals surface area contributed by atoms with E-state index in [1.54, 1.807) is 23.3 Å². The number of aromatic amines is 1. The Morgan fingerprint density at radius 3 is 2.62 bits per heavy atom. The Balaban J connectivity index is 1.69. The second kappa shape index (κ2) is 11.5. The number of hydrogen-bond donors (Lipinski definition) is 3. The van der Waals surface area contributed by atoms with Crippen LogP contribution in [0.1, 0.15) is 49.8 Å². The highest BCUT2D eigenvalue weighted by atomic mass is 32.2. The van der Waals surface area contributed by atoms with Gasteiger partial charge in [0, 0.05) is 24.7 Å². The highest BCUT2D eigenvalue weighted by Gasteiger charge is 2.04. The number of aromatic nitrogens is 2. The SMILES string of the molecule is O=C(CCCCCCCSc1nc(Cc2ccccc2)cc(=O)[nH]1)NO. The predicted octanol–water partition coefficient (Wildman–Crippen LogP) is 3.30. The van der Waals surface area contributed by atoms with Gasteiger partial charge < -0.3 is 4.98 Å². The number of hydroxylamine groups is 1. The van der Waals surface area contributed by atoms with Crippen molar-refractivity contribution < 1.29 is 10.0 Å². The van der Waals surface area contributed by atoms with Crippen molar-refractivity contribution in [1.29, 1.82) is 0 Å². The third-order valence-electron chi connectivity index (χ3n) is 3.91. The van der Waals surface area contributed by atoms with E-state index in [0.717, 1.165) is 49.1 Å². The first-order valence-corrected chi connectivity index (χ1v) is 9.86. The molecule has 0 bridgehead atoms. The van der Waals surface area contributed by atoms with Gasteiger partial charge in [-0.3, -0.25) is 14.8 Å². The maximum atomic E-state index is 11.8. The van der Waals surface area contributed by atoms with Crippen LogP contribution in [0, 0.1) is 0 Å². The summed E-state index contributed by atoms with van der Waals surface area (Å²) in [6.07, 6.45) is 5.93. The van der Waals surface area contributed by atoms with Crippen LogP contribution in [0.3, 0.4) is 0 Å². The molecule has 0 saturated carbocycles. The van der Waals surface area contributed by atoms with Crippen molar-refractivity contribution in [3.63, 3.8) is 0 Å². The normalized spacial score (nSPS) is 10.7. The van der Waals surface area contributed by atoms with E-state index in [2.05, 4.69) is 9.97 Å². The molecule has 0 aliphatic rings. The van der Waals surface area contributed by atoms with Crippen LogP contribution >= 0.6 is 11.8 Å². The number of rotatable bonds is 11. The van der Waals surface area contributed by atoms with Gasteiger partial charge in [-0.15, -0.1) is 0 Å².